The molecule has 1 heterocycles. The number of imidazole rings is 1. The molecule has 0 fully saturated rings. The number of amides is 2. The van der Waals surface area contributed by atoms with Gasteiger partial charge in [0.2, 0.25) is 0 Å². The Balaban J connectivity index is 1.81. The molecular weight excluding hydrogens is 264 g/mol. The molecule has 1 aromatic heterocycles. The van der Waals surface area contributed by atoms with Crippen LogP contribution in [0.25, 0.3) is 11.0 Å². The summed E-state index contributed by atoms with van der Waals surface area (Å²) in [7, 11) is 1.98. The zero-order valence-electron chi connectivity index (χ0n) is 13.2. The Morgan fingerprint density at radius 2 is 2.05 bits per heavy atom. The molecule has 0 aliphatic heterocycles. The second kappa shape index (κ2) is 6.16. The summed E-state index contributed by atoms with van der Waals surface area (Å²) in [5, 5.41) is 5.76. The number of nitrogens with zero attached hydrogens (tertiary/aromatic N) is 2. The van der Waals surface area contributed by atoms with Crippen molar-refractivity contribution in [2.24, 2.45) is 12.5 Å². The lowest BCUT2D eigenvalue weighted by atomic mass is 9.97. The van der Waals surface area contributed by atoms with Crippen LogP contribution in [0.3, 0.4) is 0 Å². The largest absolute Gasteiger partial charge is 0.338 e. The number of fused-ring (bicyclic) bond motifs is 1. The molecule has 21 heavy (non-hydrogen) atoms. The SMILES string of the molecule is Cn1cnc2cc(CCNC(=O)NCC(C)(C)C)ccc21. The molecule has 2 rings (SSSR count). The Morgan fingerprint density at radius 1 is 1.29 bits per heavy atom. The van der Waals surface area contributed by atoms with Crippen LogP contribution in [0.15, 0.2) is 24.5 Å². The van der Waals surface area contributed by atoms with Crippen molar-refractivity contribution in [3.8, 4) is 0 Å². The van der Waals surface area contributed by atoms with Gasteiger partial charge in [-0.15, -0.1) is 0 Å². The molecule has 0 radical (unpaired) electrons. The number of carbonyl (C=O) groups is 1. The Kier molecular flexibility index (Phi) is 4.50. The minimum absolute atomic E-state index is 0.0986. The van der Waals surface area contributed by atoms with Crippen molar-refractivity contribution >= 4 is 17.1 Å². The topological polar surface area (TPSA) is 59.0 Å². The average Bonchev–Trinajstić information content (AvgIpc) is 2.77. The summed E-state index contributed by atoms with van der Waals surface area (Å²) in [6.45, 7) is 7.56. The van der Waals surface area contributed by atoms with Gasteiger partial charge in [0.1, 0.15) is 0 Å². The lowest BCUT2D eigenvalue weighted by Crippen LogP contribution is -2.40. The minimum Gasteiger partial charge on any atom is -0.338 e. The van der Waals surface area contributed by atoms with Crippen molar-refractivity contribution in [1.82, 2.24) is 20.2 Å². The van der Waals surface area contributed by atoms with Crippen LogP contribution in [0.2, 0.25) is 0 Å². The van der Waals surface area contributed by atoms with Gasteiger partial charge in [-0.3, -0.25) is 0 Å². The van der Waals surface area contributed by atoms with Crippen LogP contribution in [-0.4, -0.2) is 28.7 Å². The second-order valence-electron chi connectivity index (χ2n) is 6.60. The maximum atomic E-state index is 11.7. The number of benzene rings is 1. The predicted molar refractivity (Wildman–Crippen MR) is 85.3 cm³/mol. The van der Waals surface area contributed by atoms with E-state index in [2.05, 4.69) is 54.6 Å². The maximum Gasteiger partial charge on any atom is 0.314 e. The van der Waals surface area contributed by atoms with Crippen molar-refractivity contribution < 1.29 is 4.79 Å². The summed E-state index contributed by atoms with van der Waals surface area (Å²) < 4.78 is 2.00. The molecule has 114 valence electrons. The van der Waals surface area contributed by atoms with Gasteiger partial charge in [0.25, 0.3) is 0 Å². The van der Waals surface area contributed by atoms with Crippen LogP contribution >= 0.6 is 0 Å². The highest BCUT2D eigenvalue weighted by Crippen LogP contribution is 2.14. The first-order chi connectivity index (χ1) is 9.85. The Hall–Kier alpha value is -2.04. The van der Waals surface area contributed by atoms with Crippen LogP contribution in [0.1, 0.15) is 26.3 Å². The molecule has 2 N–H and O–H groups in total. The van der Waals surface area contributed by atoms with E-state index < -0.39 is 0 Å². The normalized spacial score (nSPS) is 11.6. The van der Waals surface area contributed by atoms with Crippen molar-refractivity contribution in [3.05, 3.63) is 30.1 Å². The summed E-state index contributed by atoms with van der Waals surface area (Å²) in [5.41, 5.74) is 3.39. The number of aryl methyl sites for hydroxylation is 1. The summed E-state index contributed by atoms with van der Waals surface area (Å²) in [6, 6.07) is 6.11. The third kappa shape index (κ3) is 4.48. The van der Waals surface area contributed by atoms with E-state index in [1.807, 2.05) is 17.9 Å². The van der Waals surface area contributed by atoms with E-state index in [9.17, 15) is 4.79 Å². The molecule has 0 saturated carbocycles. The summed E-state index contributed by atoms with van der Waals surface area (Å²) in [5.74, 6) is 0. The van der Waals surface area contributed by atoms with Crippen molar-refractivity contribution in [3.63, 3.8) is 0 Å². The Morgan fingerprint density at radius 3 is 2.76 bits per heavy atom. The number of carbonyl (C=O) groups excluding carboxylic acids is 1. The number of nitrogens with one attached hydrogen (secondary N) is 2. The first-order valence-corrected chi connectivity index (χ1v) is 7.27. The first-order valence-electron chi connectivity index (χ1n) is 7.27. The van der Waals surface area contributed by atoms with Gasteiger partial charge in [0.05, 0.1) is 17.4 Å². The van der Waals surface area contributed by atoms with E-state index in [1.54, 1.807) is 0 Å². The molecule has 0 bridgehead atoms. The van der Waals surface area contributed by atoms with Crippen LogP contribution in [0.4, 0.5) is 4.79 Å². The first kappa shape index (κ1) is 15.4. The Bertz CT molecular complexity index is 625. The number of hydrogen-bond donors (Lipinski definition) is 2. The standard InChI is InChI=1S/C16H24N4O/c1-16(2,3)10-18-15(21)17-8-7-12-5-6-14-13(9-12)19-11-20(14)4/h5-6,9,11H,7-8,10H2,1-4H3,(H2,17,18,21). The lowest BCUT2D eigenvalue weighted by molar-refractivity contribution is 0.235. The van der Waals surface area contributed by atoms with Crippen LogP contribution in [0.5, 0.6) is 0 Å². The second-order valence-corrected chi connectivity index (χ2v) is 6.60. The van der Waals surface area contributed by atoms with Gasteiger partial charge in [0.15, 0.2) is 0 Å². The van der Waals surface area contributed by atoms with Gasteiger partial charge in [-0.1, -0.05) is 26.8 Å². The molecule has 0 atom stereocenters. The fourth-order valence-corrected chi connectivity index (χ4v) is 2.07. The number of aromatic nitrogens is 2. The fraction of sp³-hybridized carbons (Fsp3) is 0.500. The minimum atomic E-state index is -0.108. The summed E-state index contributed by atoms with van der Waals surface area (Å²) in [6.07, 6.45) is 2.61. The van der Waals surface area contributed by atoms with Crippen LogP contribution in [0, 0.1) is 5.41 Å². The molecule has 0 unspecified atom stereocenters. The van der Waals surface area contributed by atoms with Gasteiger partial charge < -0.3 is 15.2 Å². The molecule has 0 aliphatic rings. The molecule has 2 amide bonds. The van der Waals surface area contributed by atoms with Gasteiger partial charge in [-0.05, 0) is 29.5 Å². The van der Waals surface area contributed by atoms with E-state index >= 15 is 0 Å². The molecule has 0 spiro atoms. The smallest absolute Gasteiger partial charge is 0.314 e. The van der Waals surface area contributed by atoms with E-state index in [-0.39, 0.29) is 11.4 Å². The maximum absolute atomic E-state index is 11.7. The van der Waals surface area contributed by atoms with E-state index in [1.165, 1.54) is 5.56 Å². The highest BCUT2D eigenvalue weighted by Gasteiger charge is 2.11. The fourth-order valence-electron chi connectivity index (χ4n) is 2.07. The van der Waals surface area contributed by atoms with Crippen LogP contribution in [-0.2, 0) is 13.5 Å². The monoisotopic (exact) mass is 288 g/mol. The zero-order valence-corrected chi connectivity index (χ0v) is 13.2. The molecule has 0 saturated heterocycles. The molecule has 1 aromatic carbocycles. The lowest BCUT2D eigenvalue weighted by Gasteiger charge is -2.18. The van der Waals surface area contributed by atoms with Gasteiger partial charge in [0, 0.05) is 20.1 Å². The predicted octanol–water partition coefficient (Wildman–Crippen LogP) is 2.46. The highest BCUT2D eigenvalue weighted by atomic mass is 16.2. The molecular formula is C16H24N4O. The van der Waals surface area contributed by atoms with Crippen LogP contribution < -0.4 is 10.6 Å². The molecule has 5 nitrogen and oxygen atoms in total. The summed E-state index contributed by atoms with van der Waals surface area (Å²) in [4.78, 5) is 16.0. The zero-order chi connectivity index (χ0) is 15.5. The van der Waals surface area contributed by atoms with Gasteiger partial charge in [-0.25, -0.2) is 9.78 Å². The number of rotatable bonds is 4. The van der Waals surface area contributed by atoms with E-state index in [0.29, 0.717) is 13.1 Å². The number of urea groups is 1. The van der Waals surface area contributed by atoms with Crippen molar-refractivity contribution in [2.45, 2.75) is 27.2 Å². The average molecular weight is 288 g/mol. The quantitative estimate of drug-likeness (QED) is 0.908. The van der Waals surface area contributed by atoms with E-state index in [4.69, 9.17) is 0 Å². The van der Waals surface area contributed by atoms with Crippen molar-refractivity contribution in [1.29, 1.82) is 0 Å². The third-order valence-corrected chi connectivity index (χ3v) is 3.27. The van der Waals surface area contributed by atoms with Crippen molar-refractivity contribution in [2.75, 3.05) is 13.1 Å². The molecule has 2 aromatic rings. The molecule has 0 aliphatic carbocycles. The molecule has 5 heteroatoms. The van der Waals surface area contributed by atoms with Gasteiger partial charge in [-0.2, -0.15) is 0 Å². The number of hydrogen-bond acceptors (Lipinski definition) is 2. The van der Waals surface area contributed by atoms with E-state index in [0.717, 1.165) is 17.5 Å². The Labute approximate surface area is 125 Å². The highest BCUT2D eigenvalue weighted by molar-refractivity contribution is 5.76. The van der Waals surface area contributed by atoms with Gasteiger partial charge >= 0.3 is 6.03 Å². The summed E-state index contributed by atoms with van der Waals surface area (Å²) >= 11 is 0. The third-order valence-electron chi connectivity index (χ3n) is 3.27.